The van der Waals surface area contributed by atoms with Crippen LogP contribution in [0, 0.1) is 0 Å². The van der Waals surface area contributed by atoms with E-state index in [1.807, 2.05) is 0 Å². The van der Waals surface area contributed by atoms with Crippen LogP contribution in [-0.4, -0.2) is 11.8 Å². The number of hydrogen-bond acceptors (Lipinski definition) is 1. The van der Waals surface area contributed by atoms with Crippen LogP contribution < -0.4 is 0 Å². The first-order chi connectivity index (χ1) is 5.65. The molecule has 0 aliphatic carbocycles. The Labute approximate surface area is 79.7 Å². The Hall–Kier alpha value is -0.310. The Morgan fingerprint density at radius 2 is 2.00 bits per heavy atom. The molecule has 0 aliphatic rings. The van der Waals surface area contributed by atoms with E-state index in [2.05, 4.69) is 0 Å². The summed E-state index contributed by atoms with van der Waals surface area (Å²) in [5, 5.41) is 9.78. The number of hydrogen-bond donors (Lipinski definition) is 1. The van der Waals surface area contributed by atoms with Gasteiger partial charge in [-0.15, -0.1) is 0 Å². The summed E-state index contributed by atoms with van der Waals surface area (Å²) in [7, 11) is 0. The molecular weight excluding hydrogens is 202 g/mol. The third-order valence-corrected chi connectivity index (χ3v) is 2.21. The van der Waals surface area contributed by atoms with Crippen molar-refractivity contribution in [1.29, 1.82) is 0 Å². The van der Waals surface area contributed by atoms with Crippen LogP contribution in [0.25, 0.3) is 0 Å². The van der Waals surface area contributed by atoms with E-state index in [9.17, 15) is 4.39 Å². The van der Waals surface area contributed by atoms with Crippen LogP contribution in [0.1, 0.15) is 11.7 Å². The number of halogens is 3. The molecule has 0 amide bonds. The Balaban J connectivity index is 2.96. The highest BCUT2D eigenvalue weighted by Crippen LogP contribution is 2.25. The van der Waals surface area contributed by atoms with Crippen LogP contribution in [-0.2, 0) is 0 Å². The number of aliphatic hydroxyl groups is 1. The molecule has 0 radical (unpaired) electrons. The lowest BCUT2D eigenvalue weighted by Gasteiger charge is -2.06. The maximum absolute atomic E-state index is 12.0. The van der Waals surface area contributed by atoms with E-state index in [1.165, 1.54) is 12.1 Å². The van der Waals surface area contributed by atoms with Crippen molar-refractivity contribution in [2.45, 2.75) is 6.10 Å². The van der Waals surface area contributed by atoms with Crippen molar-refractivity contribution in [3.63, 3.8) is 0 Å². The van der Waals surface area contributed by atoms with E-state index in [1.54, 1.807) is 6.07 Å². The topological polar surface area (TPSA) is 20.2 Å². The van der Waals surface area contributed by atoms with Gasteiger partial charge in [0.2, 0.25) is 0 Å². The van der Waals surface area contributed by atoms with Gasteiger partial charge in [-0.05, 0) is 17.7 Å². The standard InChI is InChI=1S/C8H7Cl2FO/c9-6-2-1-5(3-7(6)10)8(12)4-11/h1-3,8,12H,4H2. The fourth-order valence-corrected chi connectivity index (χ4v) is 1.12. The van der Waals surface area contributed by atoms with Gasteiger partial charge in [0.05, 0.1) is 10.0 Å². The number of benzene rings is 1. The average Bonchev–Trinajstić information content (AvgIpc) is 2.08. The van der Waals surface area contributed by atoms with Gasteiger partial charge in [0.15, 0.2) is 0 Å². The highest BCUT2D eigenvalue weighted by atomic mass is 35.5. The zero-order chi connectivity index (χ0) is 9.14. The molecule has 1 nitrogen and oxygen atoms in total. The van der Waals surface area contributed by atoms with E-state index in [-0.39, 0.29) is 0 Å². The molecule has 0 fully saturated rings. The minimum atomic E-state index is -1.11. The molecule has 0 saturated carbocycles. The first-order valence-corrected chi connectivity index (χ1v) is 4.09. The van der Waals surface area contributed by atoms with E-state index in [0.29, 0.717) is 15.6 Å². The summed E-state index contributed by atoms with van der Waals surface area (Å²) in [5.41, 5.74) is 0.437. The first-order valence-electron chi connectivity index (χ1n) is 3.34. The Morgan fingerprint density at radius 3 is 2.50 bits per heavy atom. The lowest BCUT2D eigenvalue weighted by atomic mass is 10.1. The SMILES string of the molecule is OC(CF)c1ccc(Cl)c(Cl)c1. The fourth-order valence-electron chi connectivity index (χ4n) is 0.809. The number of alkyl halides is 1. The minimum Gasteiger partial charge on any atom is -0.386 e. The highest BCUT2D eigenvalue weighted by Gasteiger charge is 2.08. The maximum Gasteiger partial charge on any atom is 0.119 e. The van der Waals surface area contributed by atoms with Gasteiger partial charge in [0.1, 0.15) is 12.8 Å². The normalized spacial score (nSPS) is 13.0. The summed E-state index contributed by atoms with van der Waals surface area (Å²) < 4.78 is 12.0. The zero-order valence-electron chi connectivity index (χ0n) is 6.10. The van der Waals surface area contributed by atoms with Gasteiger partial charge >= 0.3 is 0 Å². The van der Waals surface area contributed by atoms with Crippen molar-refractivity contribution in [2.24, 2.45) is 0 Å². The fraction of sp³-hybridized carbons (Fsp3) is 0.250. The third-order valence-electron chi connectivity index (χ3n) is 1.47. The summed E-state index contributed by atoms with van der Waals surface area (Å²) in [6.07, 6.45) is -1.11. The summed E-state index contributed by atoms with van der Waals surface area (Å²) in [5.74, 6) is 0. The zero-order valence-corrected chi connectivity index (χ0v) is 7.61. The minimum absolute atomic E-state index is 0.321. The Bertz CT molecular complexity index is 278. The molecule has 1 atom stereocenters. The first kappa shape index (κ1) is 9.78. The van der Waals surface area contributed by atoms with Crippen molar-refractivity contribution < 1.29 is 9.50 Å². The molecule has 0 aromatic heterocycles. The van der Waals surface area contributed by atoms with Crippen LogP contribution in [0.5, 0.6) is 0 Å². The molecule has 0 spiro atoms. The van der Waals surface area contributed by atoms with Crippen molar-refractivity contribution in [2.75, 3.05) is 6.67 Å². The smallest absolute Gasteiger partial charge is 0.119 e. The van der Waals surface area contributed by atoms with Crippen LogP contribution in [0.3, 0.4) is 0 Å². The third kappa shape index (κ3) is 2.09. The average molecular weight is 209 g/mol. The van der Waals surface area contributed by atoms with Crippen molar-refractivity contribution in [1.82, 2.24) is 0 Å². The lowest BCUT2D eigenvalue weighted by molar-refractivity contribution is 0.142. The van der Waals surface area contributed by atoms with Crippen LogP contribution in [0.2, 0.25) is 10.0 Å². The summed E-state index contributed by atoms with van der Waals surface area (Å²) in [6, 6.07) is 4.52. The molecule has 1 N–H and O–H groups in total. The predicted molar refractivity (Wildman–Crippen MR) is 47.4 cm³/mol. The highest BCUT2D eigenvalue weighted by molar-refractivity contribution is 6.42. The van der Waals surface area contributed by atoms with Gasteiger partial charge in [-0.25, -0.2) is 4.39 Å². The van der Waals surface area contributed by atoms with Gasteiger partial charge in [-0.2, -0.15) is 0 Å². The van der Waals surface area contributed by atoms with Crippen LogP contribution in [0.4, 0.5) is 4.39 Å². The van der Waals surface area contributed by atoms with Crippen LogP contribution >= 0.6 is 23.2 Å². The summed E-state index contributed by atoms with van der Waals surface area (Å²) in [4.78, 5) is 0. The molecule has 0 aliphatic heterocycles. The van der Waals surface area contributed by atoms with E-state index < -0.39 is 12.8 Å². The second-order valence-electron chi connectivity index (χ2n) is 2.34. The van der Waals surface area contributed by atoms with E-state index in [0.717, 1.165) is 0 Å². The predicted octanol–water partition coefficient (Wildman–Crippen LogP) is 3.00. The van der Waals surface area contributed by atoms with Gasteiger partial charge in [0.25, 0.3) is 0 Å². The summed E-state index contributed by atoms with van der Waals surface area (Å²) in [6.45, 7) is -0.821. The Kier molecular flexibility index (Phi) is 3.32. The number of rotatable bonds is 2. The largest absolute Gasteiger partial charge is 0.386 e. The van der Waals surface area contributed by atoms with E-state index >= 15 is 0 Å². The van der Waals surface area contributed by atoms with Gasteiger partial charge in [-0.1, -0.05) is 29.3 Å². The molecule has 0 bridgehead atoms. The van der Waals surface area contributed by atoms with Gasteiger partial charge in [-0.3, -0.25) is 0 Å². The molecule has 1 unspecified atom stereocenters. The van der Waals surface area contributed by atoms with Crippen LogP contribution in [0.15, 0.2) is 18.2 Å². The monoisotopic (exact) mass is 208 g/mol. The maximum atomic E-state index is 12.0. The molecular formula is C8H7Cl2FO. The molecule has 12 heavy (non-hydrogen) atoms. The molecule has 1 aromatic rings. The van der Waals surface area contributed by atoms with Crippen molar-refractivity contribution in [3.05, 3.63) is 33.8 Å². The second-order valence-corrected chi connectivity index (χ2v) is 3.16. The summed E-state index contributed by atoms with van der Waals surface area (Å²) >= 11 is 11.3. The molecule has 1 rings (SSSR count). The van der Waals surface area contributed by atoms with E-state index in [4.69, 9.17) is 28.3 Å². The molecule has 66 valence electrons. The second kappa shape index (κ2) is 4.08. The molecule has 4 heteroatoms. The molecule has 0 heterocycles. The number of aliphatic hydroxyl groups excluding tert-OH is 1. The molecule has 1 aromatic carbocycles. The van der Waals surface area contributed by atoms with Gasteiger partial charge < -0.3 is 5.11 Å². The van der Waals surface area contributed by atoms with Crippen molar-refractivity contribution >= 4 is 23.2 Å². The quantitative estimate of drug-likeness (QED) is 0.793. The van der Waals surface area contributed by atoms with Crippen molar-refractivity contribution in [3.8, 4) is 0 Å². The molecule has 0 saturated heterocycles. The Morgan fingerprint density at radius 1 is 1.33 bits per heavy atom. The van der Waals surface area contributed by atoms with Gasteiger partial charge in [0, 0.05) is 0 Å². The lowest BCUT2D eigenvalue weighted by Crippen LogP contribution is -1.98.